The number of benzene rings is 4. The summed E-state index contributed by atoms with van der Waals surface area (Å²) in [5.41, 5.74) is 10.7. The van der Waals surface area contributed by atoms with Gasteiger partial charge in [0.2, 0.25) is 0 Å². The lowest BCUT2D eigenvalue weighted by molar-refractivity contribution is -0.0577. The second-order valence-corrected chi connectivity index (χ2v) is 30.8. The van der Waals surface area contributed by atoms with Crippen LogP contribution in [0, 0.1) is 46.3 Å². The largest absolute Gasteiger partial charge is 0.744 e. The number of aromatic amines is 2. The normalized spacial score (nSPS) is 23.3. The van der Waals surface area contributed by atoms with Crippen LogP contribution in [-0.2, 0) is 35.1 Å². The van der Waals surface area contributed by atoms with Gasteiger partial charge in [0.05, 0.1) is 37.5 Å². The van der Waals surface area contributed by atoms with Gasteiger partial charge in [0.25, 0.3) is 0 Å². The smallest absolute Gasteiger partial charge is 0.411 e. The van der Waals surface area contributed by atoms with E-state index in [1.807, 2.05) is 36.4 Å². The van der Waals surface area contributed by atoms with E-state index < -0.39 is 51.1 Å². The summed E-state index contributed by atoms with van der Waals surface area (Å²) in [5, 5.41) is 3.00. The number of nitrogens with zero attached hydrogens (tertiary/aromatic N) is 2. The molecule has 1 amide bonds. The van der Waals surface area contributed by atoms with Gasteiger partial charge in [-0.2, -0.15) is 0 Å². The summed E-state index contributed by atoms with van der Waals surface area (Å²) in [7, 11) is -14.4. The molecule has 4 aromatic carbocycles. The highest BCUT2D eigenvalue weighted by molar-refractivity contribution is 7.86. The van der Waals surface area contributed by atoms with Crippen molar-refractivity contribution in [2.24, 2.45) is 46.3 Å². The zero-order valence-corrected chi connectivity index (χ0v) is 53.8. The lowest BCUT2D eigenvalue weighted by Gasteiger charge is -2.58. The summed E-state index contributed by atoms with van der Waals surface area (Å²) < 4.78 is 116. The SMILES string of the molecule is CC(C)CCC[C@@H](C)[C@H]1CC[C@H]2[C@@H]3CC=C4CC(OC(=O)Nc5ccc(-c6c7nc(c(-c8ccc(S(=O)(=O)[O-])cc8)c8ccc([nH]8)c(-c8ccc(S(=O)(=O)[O-])cc8)c8nc(c(-c9ccc(S(=O)(=O)[O-])cc9)c9ccc6[nH]9)C=C8)C=C7)cc5)CC[C@]4(C)[C@H]3CC[C@]12C. The number of carbonyl (C=O) groups excluding carboxylic acids is 1. The van der Waals surface area contributed by atoms with Crippen LogP contribution in [0.25, 0.3) is 90.9 Å². The molecular weight excluding hydrogens is 1210 g/mol. The first kappa shape index (κ1) is 62.0. The number of fused-ring (bicyclic) bond motifs is 13. The first-order valence-corrected chi connectivity index (χ1v) is 35.7. The molecule has 0 saturated heterocycles. The second-order valence-electron chi connectivity index (χ2n) is 26.7. The summed E-state index contributed by atoms with van der Waals surface area (Å²) in [4.78, 5) is 30.2. The van der Waals surface area contributed by atoms with Crippen LogP contribution in [0.3, 0.4) is 0 Å². The number of amides is 1. The first-order valence-electron chi connectivity index (χ1n) is 31.5. The maximum absolute atomic E-state index is 13.9. The van der Waals surface area contributed by atoms with Gasteiger partial charge in [0, 0.05) is 56.4 Å². The number of anilines is 1. The van der Waals surface area contributed by atoms with Crippen LogP contribution >= 0.6 is 0 Å². The standard InChI is InChI=1S/C72H75N5O11S3/c1-42(2)7-6-8-43(3)55-27-28-56-54-26-17-48-41-50(37-39-71(48,4)57(54)38-40-72(55,56)5)88-70(78)73-49-18-9-44(10-19-49)66-58-29-31-60(74-58)67(45-11-20-51(21-12-45)89(79,80)81)62-33-35-64(76-62)69(47-15-24-53(25-16-47)91(85,86)87)65-36-34-63(77-65)68(61-32-30-59(66)75-61)46-13-22-52(23-14-46)90(82,83)84/h9-25,29-36,42-43,50,54-57,74,77H,6-8,26-28,37-41H2,1-5H3,(H,73,78)(H,79,80,81)(H,82,83,84)(H,85,86,87)/p-3/t43-,50?,54+,55-,56+,57+,71+,72-/m1/s1. The van der Waals surface area contributed by atoms with Crippen molar-refractivity contribution >= 4 is 88.5 Å². The fraction of sp³-hybridized carbons (Fsp3) is 0.347. The molecule has 3 fully saturated rings. The Balaban J connectivity index is 0.854. The third kappa shape index (κ3) is 12.0. The van der Waals surface area contributed by atoms with E-state index in [0.29, 0.717) is 112 Å². The predicted molar refractivity (Wildman–Crippen MR) is 351 cm³/mol. The highest BCUT2D eigenvalue weighted by atomic mass is 32.2. The van der Waals surface area contributed by atoms with E-state index in [0.717, 1.165) is 49.4 Å². The summed E-state index contributed by atoms with van der Waals surface area (Å²) in [6.07, 6.45) is 21.8. The van der Waals surface area contributed by atoms with E-state index in [4.69, 9.17) is 14.7 Å². The highest BCUT2D eigenvalue weighted by Crippen LogP contribution is 2.67. The Bertz CT molecular complexity index is 4600. The molecule has 8 atom stereocenters. The lowest BCUT2D eigenvalue weighted by Crippen LogP contribution is -2.51. The number of allylic oxidation sites excluding steroid dienone is 1. The molecule has 19 heteroatoms. The quantitative estimate of drug-likeness (QED) is 0.0676. The predicted octanol–water partition coefficient (Wildman–Crippen LogP) is 16.0. The third-order valence-electron chi connectivity index (χ3n) is 21.0. The number of hydrogen-bond acceptors (Lipinski definition) is 13. The van der Waals surface area contributed by atoms with Crippen molar-refractivity contribution in [3.8, 4) is 44.5 Å². The van der Waals surface area contributed by atoms with Gasteiger partial charge in [-0.05, 0) is 211 Å². The summed E-state index contributed by atoms with van der Waals surface area (Å²) in [5.74, 6) is 4.42. The zero-order valence-electron chi connectivity index (χ0n) is 51.4. The Hall–Kier alpha value is -7.78. The lowest BCUT2D eigenvalue weighted by atomic mass is 9.47. The molecule has 16 nitrogen and oxygen atoms in total. The van der Waals surface area contributed by atoms with E-state index in [1.165, 1.54) is 123 Å². The molecule has 6 aliphatic rings. The Morgan fingerprint density at radius 3 is 1.41 bits per heavy atom. The maximum atomic E-state index is 13.9. The number of hydrogen-bond donors (Lipinski definition) is 3. The van der Waals surface area contributed by atoms with Crippen LogP contribution in [0.1, 0.15) is 128 Å². The minimum absolute atomic E-state index is 0.102. The monoisotopic (exact) mass is 1280 g/mol. The van der Waals surface area contributed by atoms with E-state index >= 15 is 0 Å². The Morgan fingerprint density at radius 2 is 0.989 bits per heavy atom. The van der Waals surface area contributed by atoms with Gasteiger partial charge in [-0.25, -0.2) is 40.0 Å². The van der Waals surface area contributed by atoms with Crippen molar-refractivity contribution in [1.29, 1.82) is 0 Å². The van der Waals surface area contributed by atoms with Crippen molar-refractivity contribution in [2.45, 2.75) is 126 Å². The van der Waals surface area contributed by atoms with Crippen molar-refractivity contribution in [2.75, 3.05) is 5.32 Å². The van der Waals surface area contributed by atoms with Crippen LogP contribution in [-0.4, -0.2) is 71.0 Å². The number of nitrogens with one attached hydrogen (secondary N) is 3. The molecular formula is C72H72N5O11S3-3. The third-order valence-corrected chi connectivity index (χ3v) is 23.6. The number of H-pyrrole nitrogens is 2. The Labute approximate surface area is 531 Å². The molecule has 3 aromatic heterocycles. The molecule has 4 aliphatic carbocycles. The van der Waals surface area contributed by atoms with Gasteiger partial charge in [0.1, 0.15) is 36.5 Å². The fourth-order valence-electron chi connectivity index (χ4n) is 16.6. The van der Waals surface area contributed by atoms with E-state index in [-0.39, 0.29) is 11.5 Å². The zero-order chi connectivity index (χ0) is 63.9. The van der Waals surface area contributed by atoms with Gasteiger partial charge < -0.3 is 28.4 Å². The number of ether oxygens (including phenoxy) is 1. The topological polar surface area (TPSA) is 267 Å². The number of aromatic nitrogens is 4. The first-order chi connectivity index (χ1) is 43.3. The average Bonchev–Trinajstić information content (AvgIpc) is 1.71. The number of rotatable bonds is 14. The van der Waals surface area contributed by atoms with Gasteiger partial charge in [0.15, 0.2) is 0 Å². The van der Waals surface area contributed by atoms with Crippen molar-refractivity contribution in [3.05, 3.63) is 156 Å². The van der Waals surface area contributed by atoms with Gasteiger partial charge in [-0.15, -0.1) is 0 Å². The van der Waals surface area contributed by atoms with Crippen molar-refractivity contribution in [1.82, 2.24) is 19.9 Å². The molecule has 8 bridgehead atoms. The van der Waals surface area contributed by atoms with E-state index in [9.17, 15) is 43.7 Å². The molecule has 472 valence electrons. The van der Waals surface area contributed by atoms with Crippen LogP contribution in [0.4, 0.5) is 10.5 Å². The van der Waals surface area contributed by atoms with Crippen molar-refractivity contribution < 1.29 is 48.4 Å². The molecule has 1 unspecified atom stereocenters. The second kappa shape index (κ2) is 23.7. The van der Waals surface area contributed by atoms with Crippen LogP contribution < -0.4 is 5.32 Å². The molecule has 91 heavy (non-hydrogen) atoms. The molecule has 3 N–H and O–H groups in total. The van der Waals surface area contributed by atoms with E-state index in [1.54, 1.807) is 36.4 Å². The minimum Gasteiger partial charge on any atom is -0.744 e. The van der Waals surface area contributed by atoms with Crippen LogP contribution in [0.15, 0.2) is 148 Å². The fourth-order valence-corrected chi connectivity index (χ4v) is 18.0. The average molecular weight is 1280 g/mol. The van der Waals surface area contributed by atoms with Gasteiger partial charge in [-0.3, -0.25) is 5.32 Å². The highest BCUT2D eigenvalue weighted by Gasteiger charge is 2.59. The van der Waals surface area contributed by atoms with Gasteiger partial charge >= 0.3 is 6.09 Å². The van der Waals surface area contributed by atoms with Crippen molar-refractivity contribution in [3.63, 3.8) is 0 Å². The molecule has 3 saturated carbocycles. The molecule has 2 aliphatic heterocycles. The Morgan fingerprint density at radius 1 is 0.560 bits per heavy atom. The van der Waals surface area contributed by atoms with Crippen LogP contribution in [0.5, 0.6) is 0 Å². The summed E-state index contributed by atoms with van der Waals surface area (Å²) >= 11 is 0. The molecule has 0 spiro atoms. The maximum Gasteiger partial charge on any atom is 0.411 e. The van der Waals surface area contributed by atoms with Crippen LogP contribution in [0.2, 0.25) is 0 Å². The van der Waals surface area contributed by atoms with Gasteiger partial charge in [-0.1, -0.05) is 114 Å². The summed E-state index contributed by atoms with van der Waals surface area (Å²) in [6, 6.07) is 31.1. The molecule has 5 heterocycles. The minimum atomic E-state index is -4.81. The molecule has 0 radical (unpaired) electrons. The molecule has 7 aromatic rings. The summed E-state index contributed by atoms with van der Waals surface area (Å²) in [6.45, 7) is 12.3. The Kier molecular flexibility index (Phi) is 16.2. The number of carbonyl (C=O) groups is 1. The molecule has 13 rings (SSSR count). The van der Waals surface area contributed by atoms with E-state index in [2.05, 4.69) is 56.0 Å².